The van der Waals surface area contributed by atoms with Gasteiger partial charge in [0, 0.05) is 11.4 Å². The predicted octanol–water partition coefficient (Wildman–Crippen LogP) is 3.12. The number of nitrogens with one attached hydrogen (secondary N) is 2. The van der Waals surface area contributed by atoms with Crippen LogP contribution in [0.1, 0.15) is 24.1 Å². The molecule has 5 rings (SSSR count). The van der Waals surface area contributed by atoms with Crippen molar-refractivity contribution in [3.63, 3.8) is 0 Å². The maximum absolute atomic E-state index is 4.74. The maximum atomic E-state index is 4.74. The molecule has 0 aromatic carbocycles. The second-order valence-corrected chi connectivity index (χ2v) is 7.50. The molecule has 0 aliphatic carbocycles. The summed E-state index contributed by atoms with van der Waals surface area (Å²) >= 11 is 0. The Labute approximate surface area is 163 Å². The van der Waals surface area contributed by atoms with Crippen molar-refractivity contribution in [2.75, 3.05) is 18.4 Å². The fraction of sp³-hybridized carbons (Fsp3) is 0.333. The third-order valence-corrected chi connectivity index (χ3v) is 5.24. The van der Waals surface area contributed by atoms with Crippen LogP contribution in [0, 0.1) is 13.8 Å². The second kappa shape index (κ2) is 6.83. The SMILES string of the molecule is Cc1cn2nc(-c3ccc4cc(NC5CCNCC5)cnc4n3)cc(C)c2n1. The summed E-state index contributed by atoms with van der Waals surface area (Å²) in [5.74, 6) is 0. The number of pyridine rings is 2. The number of hydrogen-bond acceptors (Lipinski definition) is 6. The number of aromatic nitrogens is 5. The average molecular weight is 373 g/mol. The Hall–Kier alpha value is -3.06. The first-order valence-electron chi connectivity index (χ1n) is 9.74. The smallest absolute Gasteiger partial charge is 0.159 e. The topological polar surface area (TPSA) is 80.0 Å². The minimum atomic E-state index is 0.505. The number of imidazole rings is 1. The molecule has 1 saturated heterocycles. The van der Waals surface area contributed by atoms with Gasteiger partial charge >= 0.3 is 0 Å². The van der Waals surface area contributed by atoms with E-state index in [4.69, 9.17) is 4.98 Å². The Morgan fingerprint density at radius 1 is 1.07 bits per heavy atom. The molecule has 0 spiro atoms. The van der Waals surface area contributed by atoms with Gasteiger partial charge in [-0.2, -0.15) is 5.10 Å². The van der Waals surface area contributed by atoms with E-state index < -0.39 is 0 Å². The van der Waals surface area contributed by atoms with Gasteiger partial charge in [0.1, 0.15) is 5.69 Å². The number of anilines is 1. The molecule has 0 amide bonds. The fourth-order valence-electron chi connectivity index (χ4n) is 3.80. The quantitative estimate of drug-likeness (QED) is 0.574. The summed E-state index contributed by atoms with van der Waals surface area (Å²) in [6, 6.07) is 8.74. The summed E-state index contributed by atoms with van der Waals surface area (Å²) < 4.78 is 1.82. The van der Waals surface area contributed by atoms with Gasteiger partial charge in [-0.25, -0.2) is 19.5 Å². The first-order chi connectivity index (χ1) is 13.7. The van der Waals surface area contributed by atoms with Crippen LogP contribution >= 0.6 is 0 Å². The lowest BCUT2D eigenvalue weighted by atomic mass is 10.1. The number of fused-ring (bicyclic) bond motifs is 2. The summed E-state index contributed by atoms with van der Waals surface area (Å²) in [5, 5.41) is 12.7. The fourth-order valence-corrected chi connectivity index (χ4v) is 3.80. The molecule has 0 bridgehead atoms. The van der Waals surface area contributed by atoms with Crippen LogP contribution < -0.4 is 10.6 Å². The Bertz CT molecular complexity index is 1160. The highest BCUT2D eigenvalue weighted by molar-refractivity contribution is 5.80. The molecule has 1 fully saturated rings. The summed E-state index contributed by atoms with van der Waals surface area (Å²) in [6.45, 7) is 6.15. The molecular formula is C21H23N7. The van der Waals surface area contributed by atoms with Crippen LogP contribution in [-0.4, -0.2) is 43.7 Å². The highest BCUT2D eigenvalue weighted by Gasteiger charge is 2.13. The molecular weight excluding hydrogens is 350 g/mol. The van der Waals surface area contributed by atoms with Crippen molar-refractivity contribution in [2.45, 2.75) is 32.7 Å². The summed E-state index contributed by atoms with van der Waals surface area (Å²) in [4.78, 5) is 13.8. The molecule has 0 saturated carbocycles. The highest BCUT2D eigenvalue weighted by atomic mass is 15.3. The molecule has 7 heteroatoms. The summed E-state index contributed by atoms with van der Waals surface area (Å²) in [5.41, 5.74) is 6.34. The lowest BCUT2D eigenvalue weighted by Gasteiger charge is -2.24. The molecule has 4 aromatic rings. The van der Waals surface area contributed by atoms with E-state index >= 15 is 0 Å². The molecule has 7 nitrogen and oxygen atoms in total. The minimum Gasteiger partial charge on any atom is -0.381 e. The van der Waals surface area contributed by atoms with E-state index in [1.165, 1.54) is 0 Å². The zero-order valence-corrected chi connectivity index (χ0v) is 16.1. The number of hydrogen-bond donors (Lipinski definition) is 2. The highest BCUT2D eigenvalue weighted by Crippen LogP contribution is 2.23. The van der Waals surface area contributed by atoms with Crippen LogP contribution in [0.25, 0.3) is 28.1 Å². The van der Waals surface area contributed by atoms with Crippen molar-refractivity contribution in [3.8, 4) is 11.4 Å². The van der Waals surface area contributed by atoms with Crippen molar-refractivity contribution < 1.29 is 0 Å². The van der Waals surface area contributed by atoms with Crippen LogP contribution in [0.15, 0.2) is 36.7 Å². The van der Waals surface area contributed by atoms with Crippen molar-refractivity contribution in [1.82, 2.24) is 29.9 Å². The molecule has 1 aliphatic heterocycles. The largest absolute Gasteiger partial charge is 0.381 e. The van der Waals surface area contributed by atoms with Gasteiger partial charge in [0.15, 0.2) is 11.3 Å². The molecule has 5 heterocycles. The van der Waals surface area contributed by atoms with Crippen molar-refractivity contribution in [1.29, 1.82) is 0 Å². The molecule has 142 valence electrons. The molecule has 1 aliphatic rings. The van der Waals surface area contributed by atoms with Gasteiger partial charge in [0.2, 0.25) is 0 Å². The normalized spacial score (nSPS) is 15.4. The van der Waals surface area contributed by atoms with E-state index in [-0.39, 0.29) is 0 Å². The lowest BCUT2D eigenvalue weighted by molar-refractivity contribution is 0.479. The van der Waals surface area contributed by atoms with Gasteiger partial charge in [-0.1, -0.05) is 0 Å². The third-order valence-electron chi connectivity index (χ3n) is 5.24. The van der Waals surface area contributed by atoms with Gasteiger partial charge in [-0.05, 0) is 69.6 Å². The zero-order valence-electron chi connectivity index (χ0n) is 16.1. The molecule has 0 unspecified atom stereocenters. The van der Waals surface area contributed by atoms with Crippen LogP contribution in [0.2, 0.25) is 0 Å². The summed E-state index contributed by atoms with van der Waals surface area (Å²) in [7, 11) is 0. The van der Waals surface area contributed by atoms with E-state index in [1.807, 2.05) is 42.9 Å². The second-order valence-electron chi connectivity index (χ2n) is 7.50. The van der Waals surface area contributed by atoms with E-state index in [1.54, 1.807) is 0 Å². The van der Waals surface area contributed by atoms with E-state index in [9.17, 15) is 0 Å². The molecule has 0 radical (unpaired) electrons. The Kier molecular flexibility index (Phi) is 4.16. The number of rotatable bonds is 3. The van der Waals surface area contributed by atoms with Crippen LogP contribution in [0.4, 0.5) is 5.69 Å². The van der Waals surface area contributed by atoms with Crippen molar-refractivity contribution in [2.24, 2.45) is 0 Å². The first-order valence-corrected chi connectivity index (χ1v) is 9.74. The van der Waals surface area contributed by atoms with E-state index in [2.05, 4.69) is 37.8 Å². The Morgan fingerprint density at radius 3 is 2.79 bits per heavy atom. The molecule has 2 N–H and O–H groups in total. The van der Waals surface area contributed by atoms with Gasteiger partial charge in [0.05, 0.1) is 29.5 Å². The lowest BCUT2D eigenvalue weighted by Crippen LogP contribution is -2.35. The van der Waals surface area contributed by atoms with Gasteiger partial charge < -0.3 is 10.6 Å². The van der Waals surface area contributed by atoms with Crippen molar-refractivity contribution >= 4 is 22.4 Å². The number of nitrogens with zero attached hydrogens (tertiary/aromatic N) is 5. The standard InChI is InChI=1S/C21H23N7/c1-13-9-19(27-28-12-14(2)24-21(13)28)18-4-3-15-10-17(11-23-20(15)26-18)25-16-5-7-22-8-6-16/h3-4,9-12,16,22,25H,5-8H2,1-2H3. The predicted molar refractivity (Wildman–Crippen MR) is 111 cm³/mol. The van der Waals surface area contributed by atoms with Crippen LogP contribution in [0.3, 0.4) is 0 Å². The third kappa shape index (κ3) is 3.18. The van der Waals surface area contributed by atoms with E-state index in [0.717, 1.165) is 70.9 Å². The van der Waals surface area contributed by atoms with Crippen LogP contribution in [-0.2, 0) is 0 Å². The first kappa shape index (κ1) is 17.1. The van der Waals surface area contributed by atoms with Gasteiger partial charge in [0.25, 0.3) is 0 Å². The molecule has 4 aromatic heterocycles. The number of aryl methyl sites for hydroxylation is 2. The molecule has 28 heavy (non-hydrogen) atoms. The maximum Gasteiger partial charge on any atom is 0.159 e. The zero-order chi connectivity index (χ0) is 19.1. The average Bonchev–Trinajstić information content (AvgIpc) is 3.09. The van der Waals surface area contributed by atoms with E-state index in [0.29, 0.717) is 6.04 Å². The Balaban J connectivity index is 1.47. The Morgan fingerprint density at radius 2 is 1.93 bits per heavy atom. The summed E-state index contributed by atoms with van der Waals surface area (Å²) in [6.07, 6.45) is 6.08. The minimum absolute atomic E-state index is 0.505. The monoisotopic (exact) mass is 373 g/mol. The van der Waals surface area contributed by atoms with Gasteiger partial charge in [-0.3, -0.25) is 0 Å². The van der Waals surface area contributed by atoms with Crippen molar-refractivity contribution in [3.05, 3.63) is 47.9 Å². The molecule has 0 atom stereocenters. The van der Waals surface area contributed by atoms with Gasteiger partial charge in [-0.15, -0.1) is 0 Å². The number of piperidine rings is 1. The van der Waals surface area contributed by atoms with Crippen LogP contribution in [0.5, 0.6) is 0 Å².